The van der Waals surface area contributed by atoms with Crippen LogP contribution in [0.15, 0.2) is 6.07 Å². The molecule has 20 heavy (non-hydrogen) atoms. The summed E-state index contributed by atoms with van der Waals surface area (Å²) in [6.45, 7) is 11.5. The van der Waals surface area contributed by atoms with E-state index in [0.717, 1.165) is 17.0 Å². The normalized spacial score (nSPS) is 12.9. The predicted molar refractivity (Wildman–Crippen MR) is 84.4 cm³/mol. The number of anilines is 1. The van der Waals surface area contributed by atoms with E-state index in [1.165, 1.54) is 11.3 Å². The van der Waals surface area contributed by atoms with Crippen LogP contribution in [-0.4, -0.2) is 17.9 Å². The molecule has 5 heteroatoms. The molecular weight excluding hydrogens is 272 g/mol. The van der Waals surface area contributed by atoms with Gasteiger partial charge in [-0.1, -0.05) is 27.7 Å². The van der Waals surface area contributed by atoms with Crippen LogP contribution in [-0.2, 0) is 4.79 Å². The van der Waals surface area contributed by atoms with Gasteiger partial charge in [0.05, 0.1) is 9.88 Å². The van der Waals surface area contributed by atoms with E-state index in [4.69, 9.17) is 0 Å². The maximum atomic E-state index is 12.1. The third-order valence-electron chi connectivity index (χ3n) is 3.03. The van der Waals surface area contributed by atoms with Crippen LogP contribution in [0, 0.1) is 12.3 Å². The lowest BCUT2D eigenvalue weighted by Crippen LogP contribution is -2.31. The van der Waals surface area contributed by atoms with Gasteiger partial charge in [-0.25, -0.2) is 0 Å². The fourth-order valence-corrected chi connectivity index (χ4v) is 2.43. The molecule has 112 valence electrons. The lowest BCUT2D eigenvalue weighted by Gasteiger charge is -2.16. The average molecular weight is 296 g/mol. The van der Waals surface area contributed by atoms with Crippen LogP contribution >= 0.6 is 11.3 Å². The summed E-state index contributed by atoms with van der Waals surface area (Å²) < 4.78 is 0. The molecule has 1 rings (SSSR count). The van der Waals surface area contributed by atoms with Crippen molar-refractivity contribution in [1.29, 1.82) is 0 Å². The van der Waals surface area contributed by atoms with Gasteiger partial charge >= 0.3 is 0 Å². The van der Waals surface area contributed by atoms with Gasteiger partial charge in [-0.15, -0.1) is 11.3 Å². The second-order valence-electron chi connectivity index (χ2n) is 6.11. The minimum absolute atomic E-state index is 0.0485. The van der Waals surface area contributed by atoms with Crippen molar-refractivity contribution in [3.8, 4) is 0 Å². The van der Waals surface area contributed by atoms with E-state index in [2.05, 4.69) is 10.6 Å². The van der Waals surface area contributed by atoms with Crippen LogP contribution in [0.5, 0.6) is 0 Å². The Labute approximate surface area is 125 Å². The smallest absolute Gasteiger partial charge is 0.261 e. The fraction of sp³-hybridized carbons (Fsp3) is 0.600. The average Bonchev–Trinajstić information content (AvgIpc) is 2.68. The van der Waals surface area contributed by atoms with Crippen LogP contribution in [0.1, 0.15) is 56.3 Å². The molecule has 0 spiro atoms. The predicted octanol–water partition coefficient (Wildman–Crippen LogP) is 3.57. The molecule has 0 aromatic carbocycles. The summed E-state index contributed by atoms with van der Waals surface area (Å²) in [7, 11) is 0. The first-order valence-electron chi connectivity index (χ1n) is 6.88. The Morgan fingerprint density at radius 1 is 1.35 bits per heavy atom. The molecule has 1 heterocycles. The first kappa shape index (κ1) is 16.7. The van der Waals surface area contributed by atoms with Crippen molar-refractivity contribution in [3.05, 3.63) is 16.5 Å². The number of carbonyl (C=O) groups is 2. The minimum Gasteiger partial charge on any atom is -0.349 e. The number of carbonyl (C=O) groups excluding carboxylic acids is 2. The Bertz CT molecular complexity index is 500. The number of rotatable bonds is 4. The zero-order chi connectivity index (χ0) is 15.5. The van der Waals surface area contributed by atoms with Crippen LogP contribution in [0.2, 0.25) is 0 Å². The van der Waals surface area contributed by atoms with Crippen LogP contribution in [0.3, 0.4) is 0 Å². The quantitative estimate of drug-likeness (QED) is 0.892. The monoisotopic (exact) mass is 296 g/mol. The number of hydrogen-bond donors (Lipinski definition) is 2. The third-order valence-corrected chi connectivity index (χ3v) is 4.18. The molecule has 0 saturated carbocycles. The highest BCUT2D eigenvalue weighted by atomic mass is 32.1. The third kappa shape index (κ3) is 4.34. The molecule has 1 aromatic heterocycles. The molecule has 1 unspecified atom stereocenters. The molecule has 0 radical (unpaired) electrons. The Hall–Kier alpha value is -1.36. The SMILES string of the molecule is CCC(C)NC(=O)c1sc(NC(=O)C(C)(C)C)cc1C. The molecule has 2 amide bonds. The van der Waals surface area contributed by atoms with E-state index in [9.17, 15) is 9.59 Å². The van der Waals surface area contributed by atoms with Crippen molar-refractivity contribution in [2.45, 2.75) is 54.0 Å². The van der Waals surface area contributed by atoms with E-state index in [1.54, 1.807) is 0 Å². The summed E-state index contributed by atoms with van der Waals surface area (Å²) in [6, 6.07) is 2.00. The molecule has 0 aliphatic carbocycles. The largest absolute Gasteiger partial charge is 0.349 e. The van der Waals surface area contributed by atoms with Crippen molar-refractivity contribution >= 4 is 28.2 Å². The molecule has 0 aliphatic heterocycles. The number of thiophene rings is 1. The van der Waals surface area contributed by atoms with E-state index >= 15 is 0 Å². The molecule has 1 aromatic rings. The van der Waals surface area contributed by atoms with Gasteiger partial charge in [0.1, 0.15) is 0 Å². The lowest BCUT2D eigenvalue weighted by atomic mass is 9.96. The first-order valence-corrected chi connectivity index (χ1v) is 7.69. The van der Waals surface area contributed by atoms with Crippen molar-refractivity contribution in [1.82, 2.24) is 5.32 Å². The minimum atomic E-state index is -0.447. The molecule has 0 fully saturated rings. The second-order valence-corrected chi connectivity index (χ2v) is 7.16. The summed E-state index contributed by atoms with van der Waals surface area (Å²) in [5.74, 6) is -0.120. The fourth-order valence-electron chi connectivity index (χ4n) is 1.46. The van der Waals surface area contributed by atoms with Crippen molar-refractivity contribution < 1.29 is 9.59 Å². The van der Waals surface area contributed by atoms with Crippen molar-refractivity contribution in [2.24, 2.45) is 5.41 Å². The van der Waals surface area contributed by atoms with E-state index < -0.39 is 5.41 Å². The summed E-state index contributed by atoms with van der Waals surface area (Å²) in [6.07, 6.45) is 0.893. The highest BCUT2D eigenvalue weighted by Gasteiger charge is 2.23. The second kappa shape index (κ2) is 6.39. The molecule has 1 atom stereocenters. The molecule has 2 N–H and O–H groups in total. The van der Waals surface area contributed by atoms with E-state index in [-0.39, 0.29) is 17.9 Å². The van der Waals surface area contributed by atoms with Gasteiger partial charge in [0.2, 0.25) is 5.91 Å². The van der Waals surface area contributed by atoms with Crippen molar-refractivity contribution in [3.63, 3.8) is 0 Å². The Balaban J connectivity index is 2.83. The molecule has 4 nitrogen and oxygen atoms in total. The van der Waals surface area contributed by atoms with Crippen molar-refractivity contribution in [2.75, 3.05) is 5.32 Å². The summed E-state index contributed by atoms with van der Waals surface area (Å²) in [5, 5.41) is 6.53. The van der Waals surface area contributed by atoms with Gasteiger partial charge in [-0.05, 0) is 31.9 Å². The highest BCUT2D eigenvalue weighted by Crippen LogP contribution is 2.28. The number of nitrogens with one attached hydrogen (secondary N) is 2. The number of amides is 2. The summed E-state index contributed by atoms with van der Waals surface area (Å²) in [5.41, 5.74) is 0.442. The standard InChI is InChI=1S/C15H24N2O2S/c1-7-10(3)16-13(18)12-9(2)8-11(20-12)17-14(19)15(4,5)6/h8,10H,7H2,1-6H3,(H,16,18)(H,17,19). The van der Waals surface area contributed by atoms with Gasteiger partial charge in [0.15, 0.2) is 0 Å². The zero-order valence-electron chi connectivity index (χ0n) is 13.1. The maximum Gasteiger partial charge on any atom is 0.261 e. The first-order chi connectivity index (χ1) is 9.15. The topological polar surface area (TPSA) is 58.2 Å². The van der Waals surface area contributed by atoms with Gasteiger partial charge in [-0.2, -0.15) is 0 Å². The lowest BCUT2D eigenvalue weighted by molar-refractivity contribution is -0.123. The Morgan fingerprint density at radius 3 is 2.45 bits per heavy atom. The summed E-state index contributed by atoms with van der Waals surface area (Å²) in [4.78, 5) is 24.7. The zero-order valence-corrected chi connectivity index (χ0v) is 13.9. The van der Waals surface area contributed by atoms with E-state index in [0.29, 0.717) is 4.88 Å². The highest BCUT2D eigenvalue weighted by molar-refractivity contribution is 7.18. The molecule has 0 saturated heterocycles. The maximum absolute atomic E-state index is 12.1. The number of aryl methyl sites for hydroxylation is 1. The molecule has 0 bridgehead atoms. The Kier molecular flexibility index (Phi) is 5.34. The van der Waals surface area contributed by atoms with E-state index in [1.807, 2.05) is 47.6 Å². The molecule has 0 aliphatic rings. The van der Waals surface area contributed by atoms with Crippen LogP contribution < -0.4 is 10.6 Å². The van der Waals surface area contributed by atoms with Gasteiger partial charge < -0.3 is 10.6 Å². The van der Waals surface area contributed by atoms with Gasteiger partial charge in [0, 0.05) is 11.5 Å². The summed E-state index contributed by atoms with van der Waals surface area (Å²) >= 11 is 1.32. The van der Waals surface area contributed by atoms with Crippen LogP contribution in [0.4, 0.5) is 5.00 Å². The van der Waals surface area contributed by atoms with Crippen LogP contribution in [0.25, 0.3) is 0 Å². The Morgan fingerprint density at radius 2 is 1.95 bits per heavy atom. The van der Waals surface area contributed by atoms with Gasteiger partial charge in [0.25, 0.3) is 5.91 Å². The number of hydrogen-bond acceptors (Lipinski definition) is 3. The molecular formula is C15H24N2O2S. The van der Waals surface area contributed by atoms with Gasteiger partial charge in [-0.3, -0.25) is 9.59 Å².